The lowest BCUT2D eigenvalue weighted by Gasteiger charge is -2.14. The molecule has 0 radical (unpaired) electrons. The van der Waals surface area contributed by atoms with Crippen LogP contribution in [0.3, 0.4) is 0 Å². The van der Waals surface area contributed by atoms with Gasteiger partial charge < -0.3 is 9.47 Å². The second-order valence-electron chi connectivity index (χ2n) is 7.15. The molecule has 26 heavy (non-hydrogen) atoms. The quantitative estimate of drug-likeness (QED) is 0.590. The average molecular weight is 366 g/mol. The molecule has 0 bridgehead atoms. The second kappa shape index (κ2) is 6.45. The summed E-state index contributed by atoms with van der Waals surface area (Å²) in [5.74, 6) is 1.02. The van der Waals surface area contributed by atoms with Crippen LogP contribution in [-0.2, 0) is 6.54 Å². The molecule has 0 spiro atoms. The summed E-state index contributed by atoms with van der Waals surface area (Å²) in [4.78, 5) is 6.62. The smallest absolute Gasteiger partial charge is 0.215 e. The summed E-state index contributed by atoms with van der Waals surface area (Å²) in [6.45, 7) is 4.72. The lowest BCUT2D eigenvalue weighted by atomic mass is 10.1. The Bertz CT molecular complexity index is 1050. The number of quaternary nitrogens is 1. The number of rotatable bonds is 4. The minimum atomic E-state index is 0.767. The maximum Gasteiger partial charge on any atom is 0.215 e. The Balaban J connectivity index is 1.63. The highest BCUT2D eigenvalue weighted by Crippen LogP contribution is 2.27. The van der Waals surface area contributed by atoms with Gasteiger partial charge in [-0.3, -0.25) is 4.40 Å². The van der Waals surface area contributed by atoms with Crippen LogP contribution in [0.2, 0.25) is 5.02 Å². The molecule has 0 saturated carbocycles. The number of para-hydroxylation sites is 2. The molecule has 2 aromatic carbocycles. The van der Waals surface area contributed by atoms with Gasteiger partial charge in [-0.15, -0.1) is 0 Å². The summed E-state index contributed by atoms with van der Waals surface area (Å²) < 4.78 is 4.59. The fourth-order valence-electron chi connectivity index (χ4n) is 4.12. The maximum absolute atomic E-state index is 6.09. The van der Waals surface area contributed by atoms with E-state index >= 15 is 0 Å². The van der Waals surface area contributed by atoms with Crippen molar-refractivity contribution in [3.63, 3.8) is 0 Å². The van der Waals surface area contributed by atoms with E-state index in [0.717, 1.165) is 34.9 Å². The number of nitrogens with zero attached hydrogens (tertiary/aromatic N) is 3. The number of benzene rings is 2. The van der Waals surface area contributed by atoms with Crippen molar-refractivity contribution >= 4 is 28.4 Å². The summed E-state index contributed by atoms with van der Waals surface area (Å²) in [6, 6.07) is 16.5. The Labute approximate surface area is 157 Å². The summed E-state index contributed by atoms with van der Waals surface area (Å²) in [7, 11) is 0. The third-order valence-electron chi connectivity index (χ3n) is 5.50. The number of aromatic nitrogens is 3. The molecule has 5 heteroatoms. The van der Waals surface area contributed by atoms with Gasteiger partial charge in [0.25, 0.3) is 0 Å². The lowest BCUT2D eigenvalue weighted by Crippen LogP contribution is -3.10. The Hall–Kier alpha value is -2.30. The first-order valence-corrected chi connectivity index (χ1v) is 9.73. The zero-order chi connectivity index (χ0) is 17.5. The van der Waals surface area contributed by atoms with Crippen molar-refractivity contribution in [2.24, 2.45) is 0 Å². The van der Waals surface area contributed by atoms with E-state index in [0.29, 0.717) is 0 Å². The fourth-order valence-corrected chi connectivity index (χ4v) is 4.24. The zero-order valence-electron chi connectivity index (χ0n) is 14.7. The van der Waals surface area contributed by atoms with E-state index in [1.165, 1.54) is 37.2 Å². The zero-order valence-corrected chi connectivity index (χ0v) is 15.4. The SMILES string of the molecule is Clc1ccc(-c2cn3c4ccccc4nc3n2CC[NH+]2CCCC2)cc1. The molecule has 132 valence electrons. The van der Waals surface area contributed by atoms with Gasteiger partial charge >= 0.3 is 0 Å². The predicted molar refractivity (Wildman–Crippen MR) is 106 cm³/mol. The van der Waals surface area contributed by atoms with E-state index in [2.05, 4.69) is 45.5 Å². The fraction of sp³-hybridized carbons (Fsp3) is 0.286. The van der Waals surface area contributed by atoms with Crippen LogP contribution in [-0.4, -0.2) is 33.6 Å². The number of nitrogens with one attached hydrogen (secondary N) is 1. The molecular weight excluding hydrogens is 344 g/mol. The van der Waals surface area contributed by atoms with Crippen LogP contribution >= 0.6 is 11.6 Å². The number of hydrogen-bond acceptors (Lipinski definition) is 1. The number of likely N-dealkylation sites (tertiary alicyclic amines) is 1. The van der Waals surface area contributed by atoms with Crippen molar-refractivity contribution in [1.82, 2.24) is 14.0 Å². The minimum absolute atomic E-state index is 0.767. The molecule has 4 aromatic rings. The van der Waals surface area contributed by atoms with E-state index < -0.39 is 0 Å². The van der Waals surface area contributed by atoms with Crippen LogP contribution in [0.25, 0.3) is 28.1 Å². The van der Waals surface area contributed by atoms with Crippen molar-refractivity contribution in [3.05, 3.63) is 59.8 Å². The van der Waals surface area contributed by atoms with E-state index in [1.54, 1.807) is 4.90 Å². The van der Waals surface area contributed by atoms with Gasteiger partial charge in [-0.2, -0.15) is 0 Å². The average Bonchev–Trinajstić information content (AvgIpc) is 3.36. The van der Waals surface area contributed by atoms with Gasteiger partial charge in [0.15, 0.2) is 0 Å². The molecule has 2 aromatic heterocycles. The highest BCUT2D eigenvalue weighted by atomic mass is 35.5. The van der Waals surface area contributed by atoms with Gasteiger partial charge in [-0.1, -0.05) is 35.9 Å². The number of halogens is 1. The first-order valence-electron chi connectivity index (χ1n) is 9.35. The third kappa shape index (κ3) is 2.70. The van der Waals surface area contributed by atoms with Gasteiger partial charge in [0.1, 0.15) is 0 Å². The maximum atomic E-state index is 6.09. The molecule has 4 nitrogen and oxygen atoms in total. The van der Waals surface area contributed by atoms with Crippen LogP contribution in [0, 0.1) is 0 Å². The molecule has 1 saturated heterocycles. The Morgan fingerprint density at radius 3 is 2.58 bits per heavy atom. The molecule has 3 heterocycles. The minimum Gasteiger partial charge on any atom is -0.333 e. The van der Waals surface area contributed by atoms with E-state index in [4.69, 9.17) is 16.6 Å². The Morgan fingerprint density at radius 1 is 1.00 bits per heavy atom. The lowest BCUT2D eigenvalue weighted by molar-refractivity contribution is -0.887. The van der Waals surface area contributed by atoms with Gasteiger partial charge in [-0.25, -0.2) is 4.98 Å². The van der Waals surface area contributed by atoms with Gasteiger partial charge in [0.05, 0.1) is 42.9 Å². The molecule has 0 aliphatic carbocycles. The van der Waals surface area contributed by atoms with Crippen molar-refractivity contribution in [3.8, 4) is 11.3 Å². The number of fused-ring (bicyclic) bond motifs is 3. The molecule has 1 N–H and O–H groups in total. The highest BCUT2D eigenvalue weighted by Gasteiger charge is 2.19. The normalized spacial score (nSPS) is 15.4. The molecule has 1 fully saturated rings. The second-order valence-corrected chi connectivity index (χ2v) is 7.59. The predicted octanol–water partition coefficient (Wildman–Crippen LogP) is 3.29. The Morgan fingerprint density at radius 2 is 1.77 bits per heavy atom. The summed E-state index contributed by atoms with van der Waals surface area (Å²) in [6.07, 6.45) is 4.93. The van der Waals surface area contributed by atoms with E-state index in [-0.39, 0.29) is 0 Å². The van der Waals surface area contributed by atoms with Gasteiger partial charge in [-0.05, 0) is 29.8 Å². The number of hydrogen-bond donors (Lipinski definition) is 1. The summed E-state index contributed by atoms with van der Waals surface area (Å²) in [5, 5.41) is 0.767. The van der Waals surface area contributed by atoms with Crippen molar-refractivity contribution in [2.45, 2.75) is 19.4 Å². The number of imidazole rings is 2. The topological polar surface area (TPSA) is 26.7 Å². The van der Waals surface area contributed by atoms with Crippen molar-refractivity contribution in [1.29, 1.82) is 0 Å². The van der Waals surface area contributed by atoms with E-state index in [1.807, 2.05) is 18.2 Å². The van der Waals surface area contributed by atoms with Crippen molar-refractivity contribution < 1.29 is 4.90 Å². The first-order chi connectivity index (χ1) is 12.8. The Kier molecular flexibility index (Phi) is 3.95. The summed E-state index contributed by atoms with van der Waals surface area (Å²) >= 11 is 6.09. The largest absolute Gasteiger partial charge is 0.333 e. The van der Waals surface area contributed by atoms with Crippen LogP contribution in [0.4, 0.5) is 0 Å². The molecule has 0 atom stereocenters. The molecule has 0 amide bonds. The van der Waals surface area contributed by atoms with Crippen LogP contribution in [0.1, 0.15) is 12.8 Å². The third-order valence-corrected chi connectivity index (χ3v) is 5.75. The standard InChI is InChI=1S/C21H21ClN4/c22-17-9-7-16(8-10-17)20-15-26-19-6-2-1-5-18(19)23-21(26)25(20)14-13-24-11-3-4-12-24/h1-2,5-10,15H,3-4,11-14H2/p+1. The van der Waals surface area contributed by atoms with Crippen molar-refractivity contribution in [2.75, 3.05) is 19.6 Å². The molecule has 5 rings (SSSR count). The molecular formula is C21H22ClN4+. The molecule has 1 aliphatic rings. The van der Waals surface area contributed by atoms with Gasteiger partial charge in [0, 0.05) is 24.1 Å². The van der Waals surface area contributed by atoms with Crippen LogP contribution in [0.15, 0.2) is 54.7 Å². The first kappa shape index (κ1) is 15.9. The monoisotopic (exact) mass is 365 g/mol. The van der Waals surface area contributed by atoms with Gasteiger partial charge in [0.2, 0.25) is 5.78 Å². The van der Waals surface area contributed by atoms with E-state index in [9.17, 15) is 0 Å². The van der Waals surface area contributed by atoms with Crippen LogP contribution < -0.4 is 4.90 Å². The molecule has 1 aliphatic heterocycles. The molecule has 0 unspecified atom stereocenters. The highest BCUT2D eigenvalue weighted by molar-refractivity contribution is 6.30. The van der Waals surface area contributed by atoms with Crippen LogP contribution in [0.5, 0.6) is 0 Å². The summed E-state index contributed by atoms with van der Waals surface area (Å²) in [5.41, 5.74) is 4.59.